The van der Waals surface area contributed by atoms with Crippen molar-refractivity contribution < 1.29 is 9.18 Å². The molecule has 1 aliphatic heterocycles. The van der Waals surface area contributed by atoms with Gasteiger partial charge in [0.25, 0.3) is 0 Å². The number of nitrogens with zero attached hydrogens (tertiary/aromatic N) is 1. The van der Waals surface area contributed by atoms with Crippen LogP contribution in [0.5, 0.6) is 0 Å². The molecule has 1 unspecified atom stereocenters. The van der Waals surface area contributed by atoms with E-state index in [4.69, 9.17) is 0 Å². The molecule has 3 heterocycles. The highest BCUT2D eigenvalue weighted by atomic mass is 32.1. The van der Waals surface area contributed by atoms with E-state index in [1.54, 1.807) is 35.7 Å². The minimum Gasteiger partial charge on any atom is -0.351 e. The molecule has 0 saturated heterocycles. The lowest BCUT2D eigenvalue weighted by Crippen LogP contribution is -2.42. The first kappa shape index (κ1) is 18.3. The average Bonchev–Trinajstić information content (AvgIpc) is 3.34. The number of hydrogen-bond acceptors (Lipinski definition) is 4. The predicted octanol–water partition coefficient (Wildman–Crippen LogP) is 4.52. The van der Waals surface area contributed by atoms with Crippen LogP contribution in [0.15, 0.2) is 47.2 Å². The Kier molecular flexibility index (Phi) is 5.38. The van der Waals surface area contributed by atoms with Crippen LogP contribution < -0.4 is 5.32 Å². The first-order valence-corrected chi connectivity index (χ1v) is 10.7. The van der Waals surface area contributed by atoms with Crippen LogP contribution in [0.1, 0.15) is 32.5 Å². The third-order valence-electron chi connectivity index (χ3n) is 4.95. The van der Waals surface area contributed by atoms with Crippen LogP contribution in [0.2, 0.25) is 0 Å². The van der Waals surface area contributed by atoms with Gasteiger partial charge in [0.2, 0.25) is 5.91 Å². The van der Waals surface area contributed by atoms with Gasteiger partial charge in [-0.3, -0.25) is 9.69 Å². The highest BCUT2D eigenvalue weighted by Crippen LogP contribution is 2.39. The number of fused-ring (bicyclic) bond motifs is 1. The number of carbonyl (C=O) groups excluding carboxylic acids is 1. The van der Waals surface area contributed by atoms with E-state index in [-0.39, 0.29) is 17.8 Å². The average molecular weight is 401 g/mol. The Bertz CT molecular complexity index is 936. The Labute approximate surface area is 166 Å². The highest BCUT2D eigenvalue weighted by Gasteiger charge is 2.31. The van der Waals surface area contributed by atoms with Gasteiger partial charge in [0.1, 0.15) is 5.82 Å². The standard InChI is InChI=1S/C21H21FN2OS2/c1-14-4-5-15(11-17(14)22)12-23-20(25)13-24-8-6-18-16(7-10-27-18)21(24)19-3-2-9-26-19/h2-5,7,9-11,21H,6,8,12-13H2,1H3,(H,23,25). The maximum Gasteiger partial charge on any atom is 0.234 e. The van der Waals surface area contributed by atoms with E-state index in [1.165, 1.54) is 21.4 Å². The second-order valence-electron chi connectivity index (χ2n) is 6.80. The monoisotopic (exact) mass is 400 g/mol. The number of hydrogen-bond donors (Lipinski definition) is 1. The molecule has 6 heteroatoms. The molecule has 0 saturated carbocycles. The Balaban J connectivity index is 1.44. The molecule has 4 rings (SSSR count). The van der Waals surface area contributed by atoms with Crippen molar-refractivity contribution >= 4 is 28.6 Å². The van der Waals surface area contributed by atoms with Crippen molar-refractivity contribution in [3.63, 3.8) is 0 Å². The summed E-state index contributed by atoms with van der Waals surface area (Å²) in [7, 11) is 0. The zero-order valence-corrected chi connectivity index (χ0v) is 16.7. The molecule has 2 aromatic heterocycles. The van der Waals surface area contributed by atoms with Gasteiger partial charge in [-0.05, 0) is 59.0 Å². The molecule has 0 spiro atoms. The van der Waals surface area contributed by atoms with Crippen LogP contribution in [0.25, 0.3) is 0 Å². The van der Waals surface area contributed by atoms with Gasteiger partial charge in [0.15, 0.2) is 0 Å². The van der Waals surface area contributed by atoms with Gasteiger partial charge in [-0.1, -0.05) is 18.2 Å². The number of benzene rings is 1. The van der Waals surface area contributed by atoms with Crippen molar-refractivity contribution in [2.45, 2.75) is 25.9 Å². The fourth-order valence-corrected chi connectivity index (χ4v) is 5.29. The van der Waals surface area contributed by atoms with Gasteiger partial charge >= 0.3 is 0 Å². The number of aryl methyl sites for hydroxylation is 1. The Hall–Kier alpha value is -2.02. The minimum atomic E-state index is -0.236. The van der Waals surface area contributed by atoms with Gasteiger partial charge in [0.05, 0.1) is 12.6 Å². The molecule has 1 aliphatic rings. The Morgan fingerprint density at radius 3 is 2.93 bits per heavy atom. The first-order chi connectivity index (χ1) is 13.1. The van der Waals surface area contributed by atoms with Crippen molar-refractivity contribution in [1.82, 2.24) is 10.2 Å². The third kappa shape index (κ3) is 3.98. The van der Waals surface area contributed by atoms with E-state index in [0.717, 1.165) is 18.5 Å². The zero-order chi connectivity index (χ0) is 18.8. The second-order valence-corrected chi connectivity index (χ2v) is 8.78. The van der Waals surface area contributed by atoms with Gasteiger partial charge in [-0.2, -0.15) is 0 Å². The van der Waals surface area contributed by atoms with Crippen molar-refractivity contribution in [2.75, 3.05) is 13.1 Å². The first-order valence-electron chi connectivity index (χ1n) is 8.97. The van der Waals surface area contributed by atoms with E-state index >= 15 is 0 Å². The van der Waals surface area contributed by atoms with E-state index in [9.17, 15) is 9.18 Å². The normalized spacial score (nSPS) is 16.9. The van der Waals surface area contributed by atoms with E-state index in [2.05, 4.69) is 39.2 Å². The van der Waals surface area contributed by atoms with Crippen LogP contribution in [0.4, 0.5) is 4.39 Å². The summed E-state index contributed by atoms with van der Waals surface area (Å²) in [5.41, 5.74) is 2.71. The van der Waals surface area contributed by atoms with E-state index in [1.807, 2.05) is 6.07 Å². The van der Waals surface area contributed by atoms with Crippen molar-refractivity contribution in [2.24, 2.45) is 0 Å². The van der Waals surface area contributed by atoms with Gasteiger partial charge in [0, 0.05) is 22.8 Å². The molecular weight excluding hydrogens is 379 g/mol. The zero-order valence-electron chi connectivity index (χ0n) is 15.1. The Morgan fingerprint density at radius 2 is 2.15 bits per heavy atom. The second kappa shape index (κ2) is 7.92. The maximum absolute atomic E-state index is 13.7. The molecule has 1 aromatic carbocycles. The molecule has 0 fully saturated rings. The number of amides is 1. The topological polar surface area (TPSA) is 32.3 Å². The summed E-state index contributed by atoms with van der Waals surface area (Å²) in [5.74, 6) is -0.267. The summed E-state index contributed by atoms with van der Waals surface area (Å²) >= 11 is 3.53. The number of thiophene rings is 2. The van der Waals surface area contributed by atoms with Crippen molar-refractivity contribution in [3.05, 3.63) is 79.4 Å². The van der Waals surface area contributed by atoms with Gasteiger partial charge < -0.3 is 5.32 Å². The summed E-state index contributed by atoms with van der Waals surface area (Å²) in [4.78, 5) is 17.5. The minimum absolute atomic E-state index is 0.0313. The van der Waals surface area contributed by atoms with Crippen LogP contribution in [0, 0.1) is 12.7 Å². The number of rotatable bonds is 5. The van der Waals surface area contributed by atoms with Crippen molar-refractivity contribution in [3.8, 4) is 0 Å². The molecule has 1 atom stereocenters. The molecular formula is C21H21FN2OS2. The molecule has 3 nitrogen and oxygen atoms in total. The van der Waals surface area contributed by atoms with Gasteiger partial charge in [-0.15, -0.1) is 22.7 Å². The third-order valence-corrected chi connectivity index (χ3v) is 6.87. The van der Waals surface area contributed by atoms with Crippen LogP contribution in [0.3, 0.4) is 0 Å². The summed E-state index contributed by atoms with van der Waals surface area (Å²) in [6, 6.07) is 11.6. The molecule has 140 valence electrons. The summed E-state index contributed by atoms with van der Waals surface area (Å²) in [6.07, 6.45) is 0.978. The molecule has 27 heavy (non-hydrogen) atoms. The number of carbonyl (C=O) groups is 1. The molecule has 0 radical (unpaired) electrons. The van der Waals surface area contributed by atoms with Crippen LogP contribution in [-0.4, -0.2) is 23.9 Å². The smallest absolute Gasteiger partial charge is 0.234 e. The van der Waals surface area contributed by atoms with Crippen molar-refractivity contribution in [1.29, 1.82) is 0 Å². The quantitative estimate of drug-likeness (QED) is 0.683. The maximum atomic E-state index is 13.7. The lowest BCUT2D eigenvalue weighted by atomic mass is 9.98. The largest absolute Gasteiger partial charge is 0.351 e. The summed E-state index contributed by atoms with van der Waals surface area (Å²) in [6.45, 7) is 3.28. The molecule has 0 bridgehead atoms. The molecule has 1 N–H and O–H groups in total. The lowest BCUT2D eigenvalue weighted by Gasteiger charge is -2.34. The fourth-order valence-electron chi connectivity index (χ4n) is 3.51. The SMILES string of the molecule is Cc1ccc(CNC(=O)CN2CCc3sccc3C2c2cccs2)cc1F. The fraction of sp³-hybridized carbons (Fsp3) is 0.286. The van der Waals surface area contributed by atoms with Crippen LogP contribution >= 0.6 is 22.7 Å². The predicted molar refractivity (Wildman–Crippen MR) is 109 cm³/mol. The molecule has 0 aliphatic carbocycles. The summed E-state index contributed by atoms with van der Waals surface area (Å²) < 4.78 is 13.7. The number of nitrogens with one attached hydrogen (secondary N) is 1. The molecule has 3 aromatic rings. The lowest BCUT2D eigenvalue weighted by molar-refractivity contribution is -0.122. The van der Waals surface area contributed by atoms with E-state index < -0.39 is 0 Å². The highest BCUT2D eigenvalue weighted by molar-refractivity contribution is 7.10. The van der Waals surface area contributed by atoms with Crippen LogP contribution in [-0.2, 0) is 17.8 Å². The molecule has 1 amide bonds. The van der Waals surface area contributed by atoms with Gasteiger partial charge in [-0.25, -0.2) is 4.39 Å². The summed E-state index contributed by atoms with van der Waals surface area (Å²) in [5, 5.41) is 7.16. The number of halogens is 1. The Morgan fingerprint density at radius 1 is 1.26 bits per heavy atom. The van der Waals surface area contributed by atoms with E-state index in [0.29, 0.717) is 18.7 Å².